The molecule has 8 nitrogen and oxygen atoms in total. The van der Waals surface area contributed by atoms with E-state index in [0.29, 0.717) is 32.3 Å². The van der Waals surface area contributed by atoms with E-state index in [2.05, 4.69) is 10.6 Å². The van der Waals surface area contributed by atoms with Crippen molar-refractivity contribution in [3.8, 4) is 5.75 Å². The minimum atomic E-state index is -0.600. The highest BCUT2D eigenvalue weighted by atomic mass is 16.5. The topological polar surface area (TPSA) is 114 Å². The molecule has 2 amide bonds. The molecule has 0 aliphatic carbocycles. The van der Waals surface area contributed by atoms with Gasteiger partial charge in [-0.05, 0) is 61.4 Å². The molecule has 0 saturated heterocycles. The average molecular weight is 599 g/mol. The van der Waals surface area contributed by atoms with Crippen LogP contribution in [0, 0.1) is 11.8 Å². The van der Waals surface area contributed by atoms with Crippen LogP contribution in [-0.4, -0.2) is 48.2 Å². The molecule has 0 saturated carbocycles. The number of hydrogen-bond donors (Lipinski definition) is 3. The minimum Gasteiger partial charge on any atom is -0.489 e. The predicted octanol–water partition coefficient (Wildman–Crippen LogP) is 4.55. The Hall–Kier alpha value is -4.43. The number of carbonyl (C=O) groups is 3. The lowest BCUT2D eigenvalue weighted by Crippen LogP contribution is -2.44. The lowest BCUT2D eigenvalue weighted by atomic mass is 9.94. The number of carbonyl (C=O) groups excluding carboxylic acids is 3. The molecule has 44 heavy (non-hydrogen) atoms. The van der Waals surface area contributed by atoms with E-state index in [4.69, 9.17) is 9.47 Å². The Morgan fingerprint density at radius 1 is 0.909 bits per heavy atom. The summed E-state index contributed by atoms with van der Waals surface area (Å²) in [5.74, 6) is -1.08. The zero-order valence-electron chi connectivity index (χ0n) is 25.2. The smallest absolute Gasteiger partial charge is 0.309 e. The fraction of sp³-hybridized carbons (Fsp3) is 0.361. The summed E-state index contributed by atoms with van der Waals surface area (Å²) in [6.45, 7) is 2.06. The second-order valence-electron chi connectivity index (χ2n) is 11.3. The van der Waals surface area contributed by atoms with Crippen LogP contribution >= 0.6 is 0 Å². The fourth-order valence-corrected chi connectivity index (χ4v) is 5.11. The van der Waals surface area contributed by atoms with Crippen LogP contribution in [0.15, 0.2) is 97.1 Å². The normalized spacial score (nSPS) is 19.9. The number of nitrogens with one attached hydrogen (secondary N) is 2. The van der Waals surface area contributed by atoms with Gasteiger partial charge in [0, 0.05) is 6.42 Å². The van der Waals surface area contributed by atoms with Crippen LogP contribution in [0.1, 0.15) is 42.9 Å². The molecule has 0 spiro atoms. The third-order valence-corrected chi connectivity index (χ3v) is 7.57. The van der Waals surface area contributed by atoms with Gasteiger partial charge >= 0.3 is 5.97 Å². The van der Waals surface area contributed by atoms with Gasteiger partial charge in [-0.2, -0.15) is 0 Å². The van der Waals surface area contributed by atoms with Crippen molar-refractivity contribution in [1.82, 2.24) is 10.6 Å². The van der Waals surface area contributed by atoms with E-state index in [-0.39, 0.29) is 43.3 Å². The van der Waals surface area contributed by atoms with Gasteiger partial charge < -0.3 is 25.2 Å². The van der Waals surface area contributed by atoms with Crippen molar-refractivity contribution in [2.75, 3.05) is 13.2 Å². The summed E-state index contributed by atoms with van der Waals surface area (Å²) in [5.41, 5.74) is 3.07. The van der Waals surface area contributed by atoms with Gasteiger partial charge in [0.25, 0.3) is 0 Å². The lowest BCUT2D eigenvalue weighted by Gasteiger charge is -2.23. The summed E-state index contributed by atoms with van der Waals surface area (Å²) in [7, 11) is 0. The van der Waals surface area contributed by atoms with Gasteiger partial charge in [0.15, 0.2) is 0 Å². The van der Waals surface area contributed by atoms with Crippen LogP contribution in [0.3, 0.4) is 0 Å². The summed E-state index contributed by atoms with van der Waals surface area (Å²) < 4.78 is 11.4. The Morgan fingerprint density at radius 3 is 2.20 bits per heavy atom. The van der Waals surface area contributed by atoms with E-state index in [1.807, 2.05) is 97.1 Å². The first-order valence-corrected chi connectivity index (χ1v) is 15.2. The zero-order chi connectivity index (χ0) is 31.1. The maximum absolute atomic E-state index is 13.1. The van der Waals surface area contributed by atoms with Crippen molar-refractivity contribution in [3.05, 3.63) is 114 Å². The van der Waals surface area contributed by atoms with Crippen molar-refractivity contribution in [2.24, 2.45) is 11.8 Å². The Kier molecular flexibility index (Phi) is 12.6. The molecule has 0 radical (unpaired) electrons. The fourth-order valence-electron chi connectivity index (χ4n) is 5.11. The maximum atomic E-state index is 13.1. The highest BCUT2D eigenvalue weighted by Gasteiger charge is 2.26. The molecule has 8 heteroatoms. The van der Waals surface area contributed by atoms with Gasteiger partial charge in [-0.1, -0.05) is 84.9 Å². The van der Waals surface area contributed by atoms with Crippen molar-refractivity contribution < 1.29 is 29.0 Å². The minimum absolute atomic E-state index is 0.0289. The van der Waals surface area contributed by atoms with Crippen LogP contribution < -0.4 is 15.4 Å². The van der Waals surface area contributed by atoms with Gasteiger partial charge in [-0.3, -0.25) is 14.4 Å². The zero-order valence-corrected chi connectivity index (χ0v) is 25.2. The molecule has 3 aromatic rings. The highest BCUT2D eigenvalue weighted by molar-refractivity contribution is 5.86. The van der Waals surface area contributed by atoms with Crippen molar-refractivity contribution in [3.63, 3.8) is 0 Å². The molecule has 232 valence electrons. The average Bonchev–Trinajstić information content (AvgIpc) is 3.04. The molecule has 1 aliphatic rings. The van der Waals surface area contributed by atoms with Gasteiger partial charge in [0.1, 0.15) is 19.0 Å². The summed E-state index contributed by atoms with van der Waals surface area (Å²) in [5, 5.41) is 15.8. The van der Waals surface area contributed by atoms with Crippen LogP contribution in [0.5, 0.6) is 5.75 Å². The number of hydrogen-bond acceptors (Lipinski definition) is 6. The highest BCUT2D eigenvalue weighted by Crippen LogP contribution is 2.19. The van der Waals surface area contributed by atoms with E-state index in [1.165, 1.54) is 0 Å². The van der Waals surface area contributed by atoms with Crippen LogP contribution in [0.25, 0.3) is 0 Å². The molecule has 0 bridgehead atoms. The largest absolute Gasteiger partial charge is 0.489 e. The molecule has 1 heterocycles. The molecule has 0 fully saturated rings. The second-order valence-corrected chi connectivity index (χ2v) is 11.3. The van der Waals surface area contributed by atoms with Crippen LogP contribution in [-0.2, 0) is 38.6 Å². The third-order valence-electron chi connectivity index (χ3n) is 7.57. The Morgan fingerprint density at radius 2 is 1.55 bits per heavy atom. The molecule has 3 aromatic carbocycles. The number of allylic oxidation sites excluding steroid dienone is 2. The summed E-state index contributed by atoms with van der Waals surface area (Å²) >= 11 is 0. The van der Waals surface area contributed by atoms with E-state index in [9.17, 15) is 19.5 Å². The van der Waals surface area contributed by atoms with Gasteiger partial charge in [0.2, 0.25) is 11.8 Å². The quantitative estimate of drug-likeness (QED) is 0.221. The van der Waals surface area contributed by atoms with Crippen LogP contribution in [0.4, 0.5) is 0 Å². The number of ether oxygens (including phenoxy) is 2. The molecule has 4 rings (SSSR count). The van der Waals surface area contributed by atoms with E-state index >= 15 is 0 Å². The third kappa shape index (κ3) is 10.7. The number of aliphatic hydroxyl groups excluding tert-OH is 1. The summed E-state index contributed by atoms with van der Waals surface area (Å²) in [4.78, 5) is 38.9. The summed E-state index contributed by atoms with van der Waals surface area (Å²) in [6, 6.07) is 26.4. The Balaban J connectivity index is 1.31. The van der Waals surface area contributed by atoms with Crippen LogP contribution in [0.2, 0.25) is 0 Å². The molecule has 0 aromatic heterocycles. The molecule has 4 atom stereocenters. The SMILES string of the molecule is CC1COC(=O)C(Cc2ccccc2)CC=CCC(CC(=O)NC(CO)Cc2ccc(OCc3ccccc3)cc2)C(=O)N1. The van der Waals surface area contributed by atoms with Gasteiger partial charge in [-0.25, -0.2) is 0 Å². The van der Waals surface area contributed by atoms with E-state index in [1.54, 1.807) is 6.92 Å². The maximum Gasteiger partial charge on any atom is 0.309 e. The van der Waals surface area contributed by atoms with Gasteiger partial charge in [-0.15, -0.1) is 0 Å². The number of rotatable bonds is 11. The van der Waals surface area contributed by atoms with Gasteiger partial charge in [0.05, 0.1) is 30.5 Å². The Bertz CT molecular complexity index is 1360. The van der Waals surface area contributed by atoms with Crippen molar-refractivity contribution in [1.29, 1.82) is 0 Å². The number of amides is 2. The van der Waals surface area contributed by atoms with E-state index < -0.39 is 18.0 Å². The van der Waals surface area contributed by atoms with Crippen molar-refractivity contribution in [2.45, 2.75) is 57.7 Å². The second kappa shape index (κ2) is 17.0. The van der Waals surface area contributed by atoms with E-state index in [0.717, 1.165) is 22.4 Å². The molecular formula is C36H42N2O6. The first-order chi connectivity index (χ1) is 21.4. The molecule has 4 unspecified atom stereocenters. The lowest BCUT2D eigenvalue weighted by molar-refractivity contribution is -0.149. The van der Waals surface area contributed by atoms with Crippen molar-refractivity contribution >= 4 is 17.8 Å². The first kappa shape index (κ1) is 32.5. The monoisotopic (exact) mass is 598 g/mol. The number of esters is 1. The molecule has 1 aliphatic heterocycles. The molecular weight excluding hydrogens is 556 g/mol. The first-order valence-electron chi connectivity index (χ1n) is 15.2. The summed E-state index contributed by atoms with van der Waals surface area (Å²) in [6.07, 6.45) is 5.55. The molecule has 3 N–H and O–H groups in total. The predicted molar refractivity (Wildman–Crippen MR) is 169 cm³/mol. The number of cyclic esters (lactones) is 1. The number of aliphatic hydroxyl groups is 1. The number of benzene rings is 3. The Labute approximate surface area is 259 Å². The standard InChI is InChI=1S/C36H42N2O6/c1-26-24-44-36(42)31(20-27-10-4-2-5-11-27)15-9-8-14-30(35(41)37-26)22-34(40)38-32(23-39)21-28-16-18-33(19-17-28)43-25-29-12-6-3-7-13-29/h2-13,16-19,26,30-32,39H,14-15,20-25H2,1H3,(H,37,41)(H,38,40).